The minimum absolute atomic E-state index is 0.440. The smallest absolute Gasteiger partial charge is 0.156 e. The third kappa shape index (κ3) is 3.01. The lowest BCUT2D eigenvalue weighted by Gasteiger charge is -2.17. The molecular weight excluding hydrogens is 188 g/mol. The van der Waals surface area contributed by atoms with Crippen LogP contribution < -0.4 is 0 Å². The molecule has 0 unspecified atom stereocenters. The molecule has 0 heterocycles. The van der Waals surface area contributed by atoms with Gasteiger partial charge in [0.25, 0.3) is 0 Å². The van der Waals surface area contributed by atoms with Crippen molar-refractivity contribution in [1.82, 2.24) is 0 Å². The molecule has 1 N–H and O–H groups in total. The van der Waals surface area contributed by atoms with Gasteiger partial charge in [-0.1, -0.05) is 18.9 Å². The lowest BCUT2D eigenvalue weighted by atomic mass is 9.99. The lowest BCUT2D eigenvalue weighted by molar-refractivity contribution is 0.186. The fourth-order valence-corrected chi connectivity index (χ4v) is 1.88. The van der Waals surface area contributed by atoms with E-state index in [1.807, 2.05) is 6.08 Å². The number of aliphatic hydroxyl groups is 1. The van der Waals surface area contributed by atoms with Crippen LogP contribution in [-0.2, 0) is 4.74 Å². The monoisotopic (exact) mass is 208 g/mol. The highest BCUT2D eigenvalue weighted by molar-refractivity contribution is 5.26. The van der Waals surface area contributed by atoms with E-state index in [-0.39, 0.29) is 0 Å². The van der Waals surface area contributed by atoms with Gasteiger partial charge in [-0.05, 0) is 37.7 Å². The van der Waals surface area contributed by atoms with Crippen LogP contribution in [0.2, 0.25) is 0 Å². The van der Waals surface area contributed by atoms with Gasteiger partial charge >= 0.3 is 0 Å². The van der Waals surface area contributed by atoms with Crippen molar-refractivity contribution in [2.45, 2.75) is 45.4 Å². The molecule has 0 radical (unpaired) electrons. The molecule has 15 heavy (non-hydrogen) atoms. The van der Waals surface area contributed by atoms with Crippen molar-refractivity contribution >= 4 is 0 Å². The summed E-state index contributed by atoms with van der Waals surface area (Å²) < 4.78 is 5.65. The summed E-state index contributed by atoms with van der Waals surface area (Å²) in [6, 6.07) is 0. The molecule has 84 valence electrons. The molecule has 2 rings (SSSR count). The van der Waals surface area contributed by atoms with Crippen molar-refractivity contribution in [2.75, 3.05) is 6.61 Å². The summed E-state index contributed by atoms with van der Waals surface area (Å²) in [5, 5.41) is 9.70. The van der Waals surface area contributed by atoms with E-state index in [2.05, 4.69) is 6.92 Å². The zero-order valence-electron chi connectivity index (χ0n) is 9.46. The SMILES string of the molecule is CCCC1=CC(OCC2CC2)=C(O)CC1. The van der Waals surface area contributed by atoms with Gasteiger partial charge in [0.15, 0.2) is 5.76 Å². The Hall–Kier alpha value is -0.920. The first kappa shape index (κ1) is 10.6. The van der Waals surface area contributed by atoms with Crippen molar-refractivity contribution in [3.8, 4) is 0 Å². The van der Waals surface area contributed by atoms with Crippen LogP contribution in [0, 0.1) is 5.92 Å². The standard InChI is InChI=1S/C13H20O2/c1-2-3-10-6-7-12(14)13(8-10)15-9-11-4-5-11/h8,11,14H,2-7,9H2,1H3. The van der Waals surface area contributed by atoms with E-state index in [9.17, 15) is 5.11 Å². The quantitative estimate of drug-likeness (QED) is 0.746. The van der Waals surface area contributed by atoms with Gasteiger partial charge in [-0.15, -0.1) is 0 Å². The Balaban J connectivity index is 1.92. The average Bonchev–Trinajstić information content (AvgIpc) is 3.03. The third-order valence-electron chi connectivity index (χ3n) is 3.05. The number of aliphatic hydroxyl groups excluding tert-OH is 1. The molecule has 0 bridgehead atoms. The van der Waals surface area contributed by atoms with Crippen LogP contribution in [0.5, 0.6) is 0 Å². The summed E-state index contributed by atoms with van der Waals surface area (Å²) in [7, 11) is 0. The van der Waals surface area contributed by atoms with Crippen LogP contribution in [0.3, 0.4) is 0 Å². The topological polar surface area (TPSA) is 29.5 Å². The van der Waals surface area contributed by atoms with E-state index in [1.165, 1.54) is 24.8 Å². The van der Waals surface area contributed by atoms with E-state index in [4.69, 9.17) is 4.74 Å². The summed E-state index contributed by atoms with van der Waals surface area (Å²) in [6.07, 6.45) is 8.68. The van der Waals surface area contributed by atoms with E-state index < -0.39 is 0 Å². The maximum Gasteiger partial charge on any atom is 0.156 e. The molecule has 2 aliphatic carbocycles. The van der Waals surface area contributed by atoms with Gasteiger partial charge in [-0.25, -0.2) is 0 Å². The van der Waals surface area contributed by atoms with Crippen LogP contribution in [0.4, 0.5) is 0 Å². The minimum Gasteiger partial charge on any atom is -0.508 e. The first-order valence-corrected chi connectivity index (χ1v) is 6.04. The number of ether oxygens (including phenoxy) is 1. The summed E-state index contributed by atoms with van der Waals surface area (Å²) in [5.41, 5.74) is 1.42. The third-order valence-corrected chi connectivity index (χ3v) is 3.05. The van der Waals surface area contributed by atoms with Gasteiger partial charge in [-0.2, -0.15) is 0 Å². The Bertz CT molecular complexity index is 281. The Morgan fingerprint density at radius 1 is 1.40 bits per heavy atom. The van der Waals surface area contributed by atoms with Crippen LogP contribution in [0.25, 0.3) is 0 Å². The summed E-state index contributed by atoms with van der Waals surface area (Å²) in [5.74, 6) is 1.92. The van der Waals surface area contributed by atoms with E-state index in [0.29, 0.717) is 5.76 Å². The van der Waals surface area contributed by atoms with Crippen LogP contribution in [0.15, 0.2) is 23.2 Å². The molecule has 2 nitrogen and oxygen atoms in total. The van der Waals surface area contributed by atoms with Gasteiger partial charge in [-0.3, -0.25) is 0 Å². The molecule has 2 aliphatic rings. The van der Waals surface area contributed by atoms with Gasteiger partial charge in [0, 0.05) is 6.42 Å². The average molecular weight is 208 g/mol. The Labute approximate surface area is 91.6 Å². The normalized spacial score (nSPS) is 21.5. The van der Waals surface area contributed by atoms with E-state index in [0.717, 1.165) is 37.5 Å². The number of allylic oxidation sites excluding steroid dienone is 3. The van der Waals surface area contributed by atoms with Crippen LogP contribution in [-0.4, -0.2) is 11.7 Å². The van der Waals surface area contributed by atoms with Gasteiger partial charge in [0.05, 0.1) is 6.61 Å². The van der Waals surface area contributed by atoms with E-state index >= 15 is 0 Å². The van der Waals surface area contributed by atoms with Crippen molar-refractivity contribution in [1.29, 1.82) is 0 Å². The lowest BCUT2D eigenvalue weighted by Crippen LogP contribution is -2.04. The van der Waals surface area contributed by atoms with Gasteiger partial charge in [0.2, 0.25) is 0 Å². The molecule has 1 saturated carbocycles. The van der Waals surface area contributed by atoms with Gasteiger partial charge < -0.3 is 9.84 Å². The number of hydrogen-bond acceptors (Lipinski definition) is 2. The maximum absolute atomic E-state index is 9.70. The molecule has 1 fully saturated rings. The van der Waals surface area contributed by atoms with Crippen LogP contribution >= 0.6 is 0 Å². The van der Waals surface area contributed by atoms with Crippen molar-refractivity contribution in [2.24, 2.45) is 5.92 Å². The first-order valence-electron chi connectivity index (χ1n) is 6.04. The second-order valence-electron chi connectivity index (χ2n) is 4.62. The summed E-state index contributed by atoms with van der Waals surface area (Å²) >= 11 is 0. The Kier molecular flexibility index (Phi) is 3.34. The highest BCUT2D eigenvalue weighted by Gasteiger charge is 2.23. The highest BCUT2D eigenvalue weighted by atomic mass is 16.5. The summed E-state index contributed by atoms with van der Waals surface area (Å²) in [6.45, 7) is 2.97. The van der Waals surface area contributed by atoms with Crippen molar-refractivity contribution in [3.05, 3.63) is 23.2 Å². The minimum atomic E-state index is 0.440. The highest BCUT2D eigenvalue weighted by Crippen LogP contribution is 2.32. The molecule has 0 amide bonds. The molecule has 0 aliphatic heterocycles. The molecule has 0 atom stereocenters. The molecule has 0 aromatic carbocycles. The molecule has 0 saturated heterocycles. The predicted octanol–water partition coefficient (Wildman–Crippen LogP) is 3.70. The maximum atomic E-state index is 9.70. The zero-order valence-corrected chi connectivity index (χ0v) is 9.46. The molecule has 0 spiro atoms. The molecule has 0 aromatic heterocycles. The second kappa shape index (κ2) is 4.73. The number of rotatable bonds is 5. The first-order chi connectivity index (χ1) is 7.29. The van der Waals surface area contributed by atoms with Gasteiger partial charge in [0.1, 0.15) is 5.76 Å². The van der Waals surface area contributed by atoms with E-state index in [1.54, 1.807) is 0 Å². The van der Waals surface area contributed by atoms with Crippen LogP contribution in [0.1, 0.15) is 45.4 Å². The Morgan fingerprint density at radius 3 is 2.87 bits per heavy atom. The van der Waals surface area contributed by atoms with Crippen molar-refractivity contribution < 1.29 is 9.84 Å². The molecule has 2 heteroatoms. The fraction of sp³-hybridized carbons (Fsp3) is 0.692. The largest absolute Gasteiger partial charge is 0.508 e. The predicted molar refractivity (Wildman–Crippen MR) is 60.6 cm³/mol. The molecular formula is C13H20O2. The summed E-state index contributed by atoms with van der Waals surface area (Å²) in [4.78, 5) is 0. The zero-order chi connectivity index (χ0) is 10.7. The fourth-order valence-electron chi connectivity index (χ4n) is 1.88. The Morgan fingerprint density at radius 2 is 2.20 bits per heavy atom. The second-order valence-corrected chi connectivity index (χ2v) is 4.62. The van der Waals surface area contributed by atoms with Crippen molar-refractivity contribution in [3.63, 3.8) is 0 Å². The molecule has 0 aromatic rings. The number of hydrogen-bond donors (Lipinski definition) is 1.